The number of ether oxygens (including phenoxy) is 1. The van der Waals surface area contributed by atoms with E-state index in [1.807, 2.05) is 4.72 Å². The Bertz CT molecular complexity index is 642. The molecular formula is C11H14N2O7S. The number of rotatable bonds is 7. The maximum Gasteiger partial charge on any atom is 0.305 e. The third kappa shape index (κ3) is 5.26. The number of esters is 1. The van der Waals surface area contributed by atoms with Crippen LogP contribution in [-0.4, -0.2) is 37.3 Å². The van der Waals surface area contributed by atoms with Crippen molar-refractivity contribution in [3.8, 4) is 5.75 Å². The van der Waals surface area contributed by atoms with Gasteiger partial charge in [-0.2, -0.15) is 0 Å². The molecule has 9 nitrogen and oxygen atoms in total. The molecule has 1 aromatic carbocycles. The van der Waals surface area contributed by atoms with Gasteiger partial charge in [-0.15, -0.1) is 0 Å². The second kappa shape index (κ2) is 6.88. The molecule has 0 saturated heterocycles. The molecule has 0 unspecified atom stereocenters. The molecule has 0 atom stereocenters. The second-order valence-corrected chi connectivity index (χ2v) is 5.90. The molecular weight excluding hydrogens is 304 g/mol. The Kier molecular flexibility index (Phi) is 5.47. The van der Waals surface area contributed by atoms with Crippen LogP contribution in [0.2, 0.25) is 0 Å². The van der Waals surface area contributed by atoms with Crippen molar-refractivity contribution in [1.29, 1.82) is 0 Å². The molecule has 0 aliphatic rings. The van der Waals surface area contributed by atoms with Crippen molar-refractivity contribution in [3.05, 3.63) is 28.3 Å². The number of phenolic OH excluding ortho intramolecular Hbond substituents is 1. The second-order valence-electron chi connectivity index (χ2n) is 4.06. The summed E-state index contributed by atoms with van der Waals surface area (Å²) in [6.07, 6.45) is -0.0456. The normalized spacial score (nSPS) is 10.9. The number of methoxy groups -OCH3 is 1. The highest BCUT2D eigenvalue weighted by Crippen LogP contribution is 2.28. The zero-order valence-corrected chi connectivity index (χ0v) is 11.9. The van der Waals surface area contributed by atoms with Gasteiger partial charge >= 0.3 is 5.97 Å². The molecule has 0 spiro atoms. The first-order valence-corrected chi connectivity index (χ1v) is 7.45. The molecule has 0 radical (unpaired) electrons. The third-order valence-corrected chi connectivity index (χ3v) is 3.84. The Morgan fingerprint density at radius 1 is 1.48 bits per heavy atom. The minimum absolute atomic E-state index is 0.0255. The zero-order chi connectivity index (χ0) is 16.0. The lowest BCUT2D eigenvalue weighted by Crippen LogP contribution is -2.17. The molecule has 116 valence electrons. The van der Waals surface area contributed by atoms with E-state index < -0.39 is 26.7 Å². The van der Waals surface area contributed by atoms with Gasteiger partial charge in [0.25, 0.3) is 5.69 Å². The average molecular weight is 318 g/mol. The van der Waals surface area contributed by atoms with E-state index in [1.54, 1.807) is 0 Å². The number of anilines is 1. The lowest BCUT2D eigenvalue weighted by atomic mass is 10.2. The summed E-state index contributed by atoms with van der Waals surface area (Å²) < 4.78 is 29.9. The van der Waals surface area contributed by atoms with Gasteiger partial charge in [0.1, 0.15) is 5.75 Å². The van der Waals surface area contributed by atoms with Gasteiger partial charge < -0.3 is 9.84 Å². The van der Waals surface area contributed by atoms with Crippen molar-refractivity contribution in [1.82, 2.24) is 0 Å². The maximum atomic E-state index is 11.8. The first-order valence-electron chi connectivity index (χ1n) is 5.80. The molecule has 0 bridgehead atoms. The number of nitrogens with one attached hydrogen (secondary N) is 1. The summed E-state index contributed by atoms with van der Waals surface area (Å²) in [5.74, 6) is -1.36. The molecule has 0 aliphatic heterocycles. The van der Waals surface area contributed by atoms with Gasteiger partial charge in [-0.05, 0) is 12.5 Å². The van der Waals surface area contributed by atoms with Crippen LogP contribution in [-0.2, 0) is 19.6 Å². The largest absolute Gasteiger partial charge is 0.506 e. The number of carbonyl (C=O) groups excluding carboxylic acids is 1. The lowest BCUT2D eigenvalue weighted by Gasteiger charge is -2.09. The van der Waals surface area contributed by atoms with Gasteiger partial charge in [0.15, 0.2) is 0 Å². The molecule has 0 fully saturated rings. The Hall–Kier alpha value is -2.36. The summed E-state index contributed by atoms with van der Waals surface area (Å²) in [6, 6.07) is 2.97. The number of benzene rings is 1. The minimum atomic E-state index is -3.84. The Morgan fingerprint density at radius 2 is 2.14 bits per heavy atom. The van der Waals surface area contributed by atoms with Crippen molar-refractivity contribution in [2.45, 2.75) is 12.8 Å². The maximum absolute atomic E-state index is 11.8. The number of nitro benzene ring substituents is 1. The van der Waals surface area contributed by atoms with E-state index in [-0.39, 0.29) is 30.0 Å². The fourth-order valence-electron chi connectivity index (χ4n) is 1.45. The quantitative estimate of drug-likeness (QED) is 0.331. The van der Waals surface area contributed by atoms with Crippen LogP contribution in [0, 0.1) is 10.1 Å². The van der Waals surface area contributed by atoms with Crippen LogP contribution in [0.4, 0.5) is 11.4 Å². The van der Waals surface area contributed by atoms with Gasteiger partial charge in [0.2, 0.25) is 10.0 Å². The predicted molar refractivity (Wildman–Crippen MR) is 73.4 cm³/mol. The van der Waals surface area contributed by atoms with E-state index in [9.17, 15) is 28.4 Å². The van der Waals surface area contributed by atoms with Crippen molar-refractivity contribution in [3.63, 3.8) is 0 Å². The van der Waals surface area contributed by atoms with E-state index in [0.717, 1.165) is 18.2 Å². The van der Waals surface area contributed by atoms with Gasteiger partial charge in [0, 0.05) is 18.6 Å². The molecule has 1 aromatic rings. The van der Waals surface area contributed by atoms with Gasteiger partial charge in [0.05, 0.1) is 23.5 Å². The Morgan fingerprint density at radius 3 is 2.71 bits per heavy atom. The van der Waals surface area contributed by atoms with E-state index in [4.69, 9.17) is 0 Å². The number of aromatic hydroxyl groups is 1. The third-order valence-electron chi connectivity index (χ3n) is 2.48. The molecule has 0 saturated carbocycles. The zero-order valence-electron chi connectivity index (χ0n) is 11.1. The van der Waals surface area contributed by atoms with Crippen LogP contribution in [0.25, 0.3) is 0 Å². The first kappa shape index (κ1) is 16.7. The number of non-ortho nitro benzene ring substituents is 1. The molecule has 10 heteroatoms. The van der Waals surface area contributed by atoms with Crippen LogP contribution in [0.1, 0.15) is 12.8 Å². The van der Waals surface area contributed by atoms with Crippen molar-refractivity contribution < 1.29 is 28.0 Å². The average Bonchev–Trinajstić information content (AvgIpc) is 2.40. The van der Waals surface area contributed by atoms with Crippen molar-refractivity contribution in [2.24, 2.45) is 0 Å². The van der Waals surface area contributed by atoms with E-state index in [0.29, 0.717) is 0 Å². The number of hydrogen-bond acceptors (Lipinski definition) is 7. The summed E-state index contributed by atoms with van der Waals surface area (Å²) in [5.41, 5.74) is -0.651. The molecule has 0 aromatic heterocycles. The summed E-state index contributed by atoms with van der Waals surface area (Å²) in [6.45, 7) is 0. The van der Waals surface area contributed by atoms with E-state index >= 15 is 0 Å². The molecule has 1 rings (SSSR count). The lowest BCUT2D eigenvalue weighted by molar-refractivity contribution is -0.384. The number of hydrogen-bond donors (Lipinski definition) is 2. The van der Waals surface area contributed by atoms with Gasteiger partial charge in [-0.3, -0.25) is 19.6 Å². The van der Waals surface area contributed by atoms with Crippen LogP contribution in [0.3, 0.4) is 0 Å². The van der Waals surface area contributed by atoms with E-state index in [2.05, 4.69) is 4.74 Å². The van der Waals surface area contributed by atoms with Crippen LogP contribution >= 0.6 is 0 Å². The van der Waals surface area contributed by atoms with Crippen LogP contribution < -0.4 is 4.72 Å². The molecule has 0 aliphatic carbocycles. The number of nitrogens with zero attached hydrogens (tertiary/aromatic N) is 1. The fourth-order valence-corrected chi connectivity index (χ4v) is 2.57. The SMILES string of the molecule is COC(=O)CCCS(=O)(=O)Nc1cc([N+](=O)[O-])ccc1O. The van der Waals surface area contributed by atoms with Crippen molar-refractivity contribution >= 4 is 27.4 Å². The molecule has 21 heavy (non-hydrogen) atoms. The molecule has 0 amide bonds. The number of phenols is 1. The van der Waals surface area contributed by atoms with Gasteiger partial charge in [-0.25, -0.2) is 8.42 Å². The summed E-state index contributed by atoms with van der Waals surface area (Å²) >= 11 is 0. The predicted octanol–water partition coefficient (Wildman–Crippen LogP) is 0.995. The fraction of sp³-hybridized carbons (Fsp3) is 0.364. The first-order chi connectivity index (χ1) is 9.75. The smallest absolute Gasteiger partial charge is 0.305 e. The molecule has 0 heterocycles. The highest BCUT2D eigenvalue weighted by Gasteiger charge is 2.17. The van der Waals surface area contributed by atoms with Crippen molar-refractivity contribution in [2.75, 3.05) is 17.6 Å². The van der Waals surface area contributed by atoms with Crippen LogP contribution in [0.15, 0.2) is 18.2 Å². The number of nitro groups is 1. The van der Waals surface area contributed by atoms with E-state index in [1.165, 1.54) is 7.11 Å². The standard InChI is InChI=1S/C11H14N2O7S/c1-20-11(15)3-2-6-21(18,19)12-9-7-8(13(16)17)4-5-10(9)14/h4-5,7,12,14H,2-3,6H2,1H3. The number of carbonyl (C=O) groups is 1. The Labute approximate surface area is 120 Å². The summed E-state index contributed by atoms with van der Waals surface area (Å²) in [4.78, 5) is 20.8. The highest BCUT2D eigenvalue weighted by molar-refractivity contribution is 7.92. The summed E-state index contributed by atoms with van der Waals surface area (Å²) in [5, 5.41) is 20.1. The molecule has 2 N–H and O–H groups in total. The topological polar surface area (TPSA) is 136 Å². The monoisotopic (exact) mass is 318 g/mol. The minimum Gasteiger partial charge on any atom is -0.506 e. The Balaban J connectivity index is 2.77. The number of sulfonamides is 1. The summed E-state index contributed by atoms with van der Waals surface area (Å²) in [7, 11) is -2.65. The van der Waals surface area contributed by atoms with Gasteiger partial charge in [-0.1, -0.05) is 0 Å². The van der Waals surface area contributed by atoms with Crippen LogP contribution in [0.5, 0.6) is 5.75 Å². The highest BCUT2D eigenvalue weighted by atomic mass is 32.2.